The summed E-state index contributed by atoms with van der Waals surface area (Å²) in [6.45, 7) is 6.72. The van der Waals surface area contributed by atoms with Crippen molar-refractivity contribution in [2.75, 3.05) is 32.1 Å². The summed E-state index contributed by atoms with van der Waals surface area (Å²) >= 11 is 0. The van der Waals surface area contributed by atoms with Crippen LogP contribution in [-0.4, -0.2) is 65.1 Å². The Hall–Kier alpha value is -2.41. The average Bonchev–Trinajstić information content (AvgIpc) is 3.10. The van der Waals surface area contributed by atoms with E-state index in [-0.39, 0.29) is 18.5 Å². The fourth-order valence-corrected chi connectivity index (χ4v) is 3.42. The van der Waals surface area contributed by atoms with Crippen molar-refractivity contribution in [1.82, 2.24) is 25.2 Å². The molecule has 1 saturated heterocycles. The van der Waals surface area contributed by atoms with Gasteiger partial charge in [0.15, 0.2) is 0 Å². The highest BCUT2D eigenvalue weighted by Gasteiger charge is 2.22. The number of hydrogen-bond donors (Lipinski definition) is 1. The minimum absolute atomic E-state index is 0.00240. The molecule has 0 radical (unpaired) electrons. The topological polar surface area (TPSA) is 66.3 Å². The van der Waals surface area contributed by atoms with Crippen LogP contribution in [0.2, 0.25) is 0 Å². The first-order valence-electron chi connectivity index (χ1n) is 9.63. The Bertz CT molecular complexity index is 744. The first-order valence-corrected chi connectivity index (χ1v) is 9.63. The number of piperidine rings is 1. The lowest BCUT2D eigenvalue weighted by molar-refractivity contribution is -0.122. The van der Waals surface area contributed by atoms with Crippen LogP contribution < -0.4 is 10.2 Å². The number of carbonyl (C=O) groups excluding carboxylic acids is 1. The molecule has 0 aliphatic carbocycles. The molecule has 1 fully saturated rings. The van der Waals surface area contributed by atoms with Crippen LogP contribution in [0.1, 0.15) is 26.7 Å². The monoisotopic (exact) mass is 370 g/mol. The Morgan fingerprint density at radius 2 is 1.89 bits per heavy atom. The van der Waals surface area contributed by atoms with Crippen LogP contribution in [0.3, 0.4) is 0 Å². The van der Waals surface area contributed by atoms with E-state index in [2.05, 4.69) is 39.3 Å². The molecule has 0 bridgehead atoms. The molecule has 7 heteroatoms. The Labute approximate surface area is 161 Å². The first kappa shape index (κ1) is 19.4. The van der Waals surface area contributed by atoms with Crippen LogP contribution in [0.15, 0.2) is 30.5 Å². The number of carbonyl (C=O) groups is 1. The van der Waals surface area contributed by atoms with Crippen molar-refractivity contribution < 1.29 is 4.79 Å². The zero-order valence-corrected chi connectivity index (χ0v) is 16.7. The van der Waals surface area contributed by atoms with Crippen molar-refractivity contribution in [2.24, 2.45) is 0 Å². The van der Waals surface area contributed by atoms with Gasteiger partial charge in [0, 0.05) is 50.5 Å². The molecule has 2 heterocycles. The summed E-state index contributed by atoms with van der Waals surface area (Å²) in [6.07, 6.45) is 3.83. The van der Waals surface area contributed by atoms with E-state index in [1.807, 2.05) is 44.6 Å². The van der Waals surface area contributed by atoms with Crippen molar-refractivity contribution in [3.05, 3.63) is 30.5 Å². The van der Waals surface area contributed by atoms with E-state index in [1.54, 1.807) is 4.68 Å². The third-order valence-electron chi connectivity index (χ3n) is 5.15. The van der Waals surface area contributed by atoms with E-state index in [9.17, 15) is 4.79 Å². The van der Waals surface area contributed by atoms with Gasteiger partial charge in [0.05, 0.1) is 6.20 Å². The van der Waals surface area contributed by atoms with E-state index in [0.29, 0.717) is 6.04 Å². The minimum atomic E-state index is -0.00240. The molecule has 1 aromatic heterocycles. The molecule has 2 aromatic rings. The van der Waals surface area contributed by atoms with Crippen LogP contribution in [0.25, 0.3) is 11.3 Å². The van der Waals surface area contributed by atoms with Gasteiger partial charge in [0.1, 0.15) is 12.2 Å². The predicted octanol–water partition coefficient (Wildman–Crippen LogP) is 2.00. The molecule has 1 aromatic carbocycles. The van der Waals surface area contributed by atoms with Gasteiger partial charge in [-0.2, -0.15) is 0 Å². The van der Waals surface area contributed by atoms with E-state index in [0.717, 1.165) is 42.9 Å². The number of aromatic nitrogens is 3. The highest BCUT2D eigenvalue weighted by atomic mass is 16.2. The standard InChI is InChI=1S/C20H30N6O/c1-15(2)25-11-9-17(10-12-25)21-20(27)14-26-13-19(22-23-26)16-5-7-18(8-6-16)24(3)4/h5-8,13,15,17H,9-12,14H2,1-4H3,(H,21,27). The fourth-order valence-electron chi connectivity index (χ4n) is 3.42. The normalized spacial score (nSPS) is 15.9. The van der Waals surface area contributed by atoms with E-state index in [1.165, 1.54) is 0 Å². The third-order valence-corrected chi connectivity index (χ3v) is 5.15. The van der Waals surface area contributed by atoms with Crippen LogP contribution in [0.4, 0.5) is 5.69 Å². The Balaban J connectivity index is 1.52. The molecule has 0 unspecified atom stereocenters. The van der Waals surface area contributed by atoms with E-state index in [4.69, 9.17) is 0 Å². The number of benzene rings is 1. The number of nitrogens with one attached hydrogen (secondary N) is 1. The largest absolute Gasteiger partial charge is 0.378 e. The molecule has 0 atom stereocenters. The maximum Gasteiger partial charge on any atom is 0.242 e. The lowest BCUT2D eigenvalue weighted by Crippen LogP contribution is -2.47. The SMILES string of the molecule is CC(C)N1CCC(NC(=O)Cn2cc(-c3ccc(N(C)C)cc3)nn2)CC1. The second-order valence-electron chi connectivity index (χ2n) is 7.71. The summed E-state index contributed by atoms with van der Waals surface area (Å²) < 4.78 is 1.60. The van der Waals surface area contributed by atoms with Crippen LogP contribution in [0, 0.1) is 0 Å². The second-order valence-corrected chi connectivity index (χ2v) is 7.71. The third kappa shape index (κ3) is 5.07. The van der Waals surface area contributed by atoms with Crippen molar-refractivity contribution in [3.63, 3.8) is 0 Å². The van der Waals surface area contributed by atoms with Crippen molar-refractivity contribution >= 4 is 11.6 Å². The molecule has 1 aliphatic rings. The van der Waals surface area contributed by atoms with Crippen LogP contribution in [-0.2, 0) is 11.3 Å². The van der Waals surface area contributed by atoms with Gasteiger partial charge >= 0.3 is 0 Å². The molecule has 1 N–H and O–H groups in total. The Kier molecular flexibility index (Phi) is 6.11. The highest BCUT2D eigenvalue weighted by molar-refractivity contribution is 5.76. The molecule has 1 aliphatic heterocycles. The van der Waals surface area contributed by atoms with Gasteiger partial charge in [-0.3, -0.25) is 4.79 Å². The van der Waals surface area contributed by atoms with Gasteiger partial charge in [-0.15, -0.1) is 5.10 Å². The molecule has 27 heavy (non-hydrogen) atoms. The fraction of sp³-hybridized carbons (Fsp3) is 0.550. The minimum Gasteiger partial charge on any atom is -0.378 e. The lowest BCUT2D eigenvalue weighted by Gasteiger charge is -2.34. The van der Waals surface area contributed by atoms with Crippen LogP contribution in [0.5, 0.6) is 0 Å². The average molecular weight is 371 g/mol. The number of nitrogens with zero attached hydrogens (tertiary/aromatic N) is 5. The Morgan fingerprint density at radius 1 is 1.22 bits per heavy atom. The molecule has 0 saturated carbocycles. The maximum atomic E-state index is 12.3. The zero-order valence-electron chi connectivity index (χ0n) is 16.7. The van der Waals surface area contributed by atoms with Gasteiger partial charge in [-0.25, -0.2) is 4.68 Å². The molecule has 146 valence electrons. The van der Waals surface area contributed by atoms with Gasteiger partial charge in [-0.1, -0.05) is 17.3 Å². The molecular formula is C20H30N6O. The number of hydrogen-bond acceptors (Lipinski definition) is 5. The summed E-state index contributed by atoms with van der Waals surface area (Å²) in [4.78, 5) is 16.8. The summed E-state index contributed by atoms with van der Waals surface area (Å²) in [5.74, 6) is -0.00240. The number of rotatable bonds is 6. The number of amides is 1. The summed E-state index contributed by atoms with van der Waals surface area (Å²) in [5.41, 5.74) is 2.90. The summed E-state index contributed by atoms with van der Waals surface area (Å²) in [6, 6.07) is 8.96. The summed E-state index contributed by atoms with van der Waals surface area (Å²) in [7, 11) is 4.02. The van der Waals surface area contributed by atoms with Crippen molar-refractivity contribution in [1.29, 1.82) is 0 Å². The first-order chi connectivity index (χ1) is 12.9. The molecule has 1 amide bonds. The predicted molar refractivity (Wildman–Crippen MR) is 108 cm³/mol. The zero-order chi connectivity index (χ0) is 19.4. The van der Waals surface area contributed by atoms with Crippen LogP contribution >= 0.6 is 0 Å². The van der Waals surface area contributed by atoms with Crippen molar-refractivity contribution in [2.45, 2.75) is 45.3 Å². The molecule has 3 rings (SSSR count). The Morgan fingerprint density at radius 3 is 2.48 bits per heavy atom. The second kappa shape index (κ2) is 8.52. The smallest absolute Gasteiger partial charge is 0.242 e. The molecule has 7 nitrogen and oxygen atoms in total. The molecule has 0 spiro atoms. The number of likely N-dealkylation sites (tertiary alicyclic amines) is 1. The van der Waals surface area contributed by atoms with Gasteiger partial charge < -0.3 is 15.1 Å². The number of anilines is 1. The molecular weight excluding hydrogens is 340 g/mol. The van der Waals surface area contributed by atoms with Crippen molar-refractivity contribution in [3.8, 4) is 11.3 Å². The van der Waals surface area contributed by atoms with Gasteiger partial charge in [0.25, 0.3) is 0 Å². The quantitative estimate of drug-likeness (QED) is 0.842. The summed E-state index contributed by atoms with van der Waals surface area (Å²) in [5, 5.41) is 11.4. The lowest BCUT2D eigenvalue weighted by atomic mass is 10.0. The van der Waals surface area contributed by atoms with Gasteiger partial charge in [-0.05, 0) is 38.8 Å². The maximum absolute atomic E-state index is 12.3. The highest BCUT2D eigenvalue weighted by Crippen LogP contribution is 2.20. The van der Waals surface area contributed by atoms with E-state index < -0.39 is 0 Å². The van der Waals surface area contributed by atoms with E-state index >= 15 is 0 Å². The van der Waals surface area contributed by atoms with Gasteiger partial charge in [0.2, 0.25) is 5.91 Å².